The molecule has 204 valence electrons. The van der Waals surface area contributed by atoms with E-state index < -0.39 is 53.8 Å². The monoisotopic (exact) mass is 543 g/mol. The predicted octanol–water partition coefficient (Wildman–Crippen LogP) is -0.467. The highest BCUT2D eigenvalue weighted by molar-refractivity contribution is 7.80. The number of amides is 4. The van der Waals surface area contributed by atoms with E-state index in [1.165, 1.54) is 0 Å². The first-order valence-corrected chi connectivity index (χ1v) is 12.6. The Kier molecular flexibility index (Phi) is 12.3. The Morgan fingerprint density at radius 1 is 0.737 bits per heavy atom. The first-order chi connectivity index (χ1) is 18.1. The van der Waals surface area contributed by atoms with Crippen LogP contribution in [0, 0.1) is 0 Å². The van der Waals surface area contributed by atoms with Crippen LogP contribution in [-0.2, 0) is 36.8 Å². The molecule has 0 aliphatic rings. The molecule has 4 unspecified atom stereocenters. The van der Waals surface area contributed by atoms with Crippen molar-refractivity contribution >= 4 is 42.2 Å². The summed E-state index contributed by atoms with van der Waals surface area (Å²) in [5, 5.41) is 16.7. The number of carboxylic acids is 1. The molecule has 0 bridgehead atoms. The van der Waals surface area contributed by atoms with E-state index >= 15 is 0 Å². The molecule has 11 nitrogen and oxygen atoms in total. The summed E-state index contributed by atoms with van der Waals surface area (Å²) in [6.07, 6.45) is -0.0781. The van der Waals surface area contributed by atoms with Crippen LogP contribution in [0.25, 0.3) is 0 Å². The second kappa shape index (κ2) is 15.4. The van der Waals surface area contributed by atoms with Gasteiger partial charge in [-0.2, -0.15) is 12.6 Å². The van der Waals surface area contributed by atoms with E-state index in [1.54, 1.807) is 30.3 Å². The molecule has 0 heterocycles. The van der Waals surface area contributed by atoms with Crippen LogP contribution in [0.2, 0.25) is 0 Å². The predicted molar refractivity (Wildman–Crippen MR) is 144 cm³/mol. The number of aliphatic carboxylic acids is 1. The zero-order valence-corrected chi connectivity index (χ0v) is 21.6. The first kappa shape index (κ1) is 30.3. The molecule has 4 atom stereocenters. The lowest BCUT2D eigenvalue weighted by molar-refractivity contribution is -0.141. The van der Waals surface area contributed by atoms with Crippen molar-refractivity contribution in [2.45, 2.75) is 49.9 Å². The van der Waals surface area contributed by atoms with E-state index in [-0.39, 0.29) is 31.4 Å². The summed E-state index contributed by atoms with van der Waals surface area (Å²) in [5.41, 5.74) is 12.9. The molecule has 0 saturated heterocycles. The SMILES string of the molecule is NC(=O)CCC(NC(=O)C(Cc1ccccc1)NC(=O)C(N)Cc1ccccc1)C(=O)NC(CS)C(=O)O. The Morgan fingerprint density at radius 3 is 1.71 bits per heavy atom. The number of nitrogens with two attached hydrogens (primary N) is 2. The summed E-state index contributed by atoms with van der Waals surface area (Å²) in [5.74, 6) is -4.31. The highest BCUT2D eigenvalue weighted by atomic mass is 32.1. The molecule has 4 amide bonds. The standard InChI is InChI=1S/C26H33N5O6S/c27-18(13-16-7-3-1-4-8-16)23(33)30-20(14-17-9-5-2-6-10-17)25(35)29-19(11-12-22(28)32)24(34)31-21(15-38)26(36)37/h1-10,18-21,38H,11-15,27H2,(H2,28,32)(H,29,35)(H,30,33)(H,31,34)(H,36,37). The van der Waals surface area contributed by atoms with Gasteiger partial charge in [0, 0.05) is 18.6 Å². The van der Waals surface area contributed by atoms with Crippen molar-refractivity contribution in [1.29, 1.82) is 0 Å². The molecule has 0 aliphatic carbocycles. The van der Waals surface area contributed by atoms with Crippen LogP contribution in [0.4, 0.5) is 0 Å². The Hall–Kier alpha value is -3.90. The van der Waals surface area contributed by atoms with Gasteiger partial charge in [0.05, 0.1) is 6.04 Å². The molecule has 2 aromatic rings. The van der Waals surface area contributed by atoms with E-state index in [4.69, 9.17) is 11.5 Å². The Bertz CT molecular complexity index is 1100. The van der Waals surface area contributed by atoms with Gasteiger partial charge >= 0.3 is 5.97 Å². The third-order valence-electron chi connectivity index (χ3n) is 5.66. The number of carbonyl (C=O) groups excluding carboxylic acids is 4. The van der Waals surface area contributed by atoms with Gasteiger partial charge in [0.25, 0.3) is 0 Å². The molecule has 0 aliphatic heterocycles. The zero-order valence-electron chi connectivity index (χ0n) is 20.7. The third-order valence-corrected chi connectivity index (χ3v) is 6.03. The van der Waals surface area contributed by atoms with Crippen molar-refractivity contribution in [3.05, 3.63) is 71.8 Å². The van der Waals surface area contributed by atoms with Gasteiger partial charge in [-0.1, -0.05) is 60.7 Å². The summed E-state index contributed by atoms with van der Waals surface area (Å²) in [7, 11) is 0. The van der Waals surface area contributed by atoms with Gasteiger partial charge in [-0.05, 0) is 24.0 Å². The lowest BCUT2D eigenvalue weighted by Gasteiger charge is -2.25. The Morgan fingerprint density at radius 2 is 1.21 bits per heavy atom. The minimum Gasteiger partial charge on any atom is -0.480 e. The fourth-order valence-corrected chi connectivity index (χ4v) is 3.83. The summed E-state index contributed by atoms with van der Waals surface area (Å²) in [6, 6.07) is 13.4. The van der Waals surface area contributed by atoms with Gasteiger partial charge in [0.2, 0.25) is 23.6 Å². The van der Waals surface area contributed by atoms with Crippen molar-refractivity contribution in [1.82, 2.24) is 16.0 Å². The average molecular weight is 544 g/mol. The largest absolute Gasteiger partial charge is 0.480 e. The minimum absolute atomic E-state index is 0.0923. The van der Waals surface area contributed by atoms with Crippen LogP contribution in [0.3, 0.4) is 0 Å². The van der Waals surface area contributed by atoms with Crippen molar-refractivity contribution in [3.8, 4) is 0 Å². The third kappa shape index (κ3) is 10.2. The zero-order chi connectivity index (χ0) is 28.1. The number of nitrogens with one attached hydrogen (secondary N) is 3. The highest BCUT2D eigenvalue weighted by Gasteiger charge is 2.30. The van der Waals surface area contributed by atoms with E-state index in [1.807, 2.05) is 30.3 Å². The van der Waals surface area contributed by atoms with Crippen molar-refractivity contribution in [2.24, 2.45) is 11.5 Å². The number of primary amides is 1. The van der Waals surface area contributed by atoms with E-state index in [9.17, 15) is 29.1 Å². The molecule has 2 aromatic carbocycles. The van der Waals surface area contributed by atoms with Crippen LogP contribution >= 0.6 is 12.6 Å². The molecule has 0 radical (unpaired) electrons. The summed E-state index contributed by atoms with van der Waals surface area (Å²) in [4.78, 5) is 61.7. The number of thiol groups is 1. The Labute approximate surface area is 226 Å². The van der Waals surface area contributed by atoms with E-state index in [2.05, 4.69) is 28.6 Å². The van der Waals surface area contributed by atoms with Crippen LogP contribution in [0.15, 0.2) is 60.7 Å². The summed E-state index contributed by atoms with van der Waals surface area (Å²) in [6.45, 7) is 0. The molecule has 0 aromatic heterocycles. The maximum absolute atomic E-state index is 13.3. The summed E-state index contributed by atoms with van der Waals surface area (Å²) < 4.78 is 0. The topological polar surface area (TPSA) is 194 Å². The van der Waals surface area contributed by atoms with E-state index in [0.29, 0.717) is 0 Å². The fourth-order valence-electron chi connectivity index (χ4n) is 3.58. The molecule has 12 heteroatoms. The molecule has 38 heavy (non-hydrogen) atoms. The average Bonchev–Trinajstić information content (AvgIpc) is 2.89. The van der Waals surface area contributed by atoms with Crippen LogP contribution in [-0.4, -0.2) is 64.6 Å². The molecule has 2 rings (SSSR count). The van der Waals surface area contributed by atoms with E-state index in [0.717, 1.165) is 11.1 Å². The minimum atomic E-state index is -1.31. The lowest BCUT2D eigenvalue weighted by atomic mass is 10.0. The fraction of sp³-hybridized carbons (Fsp3) is 0.346. The number of carbonyl (C=O) groups is 5. The number of hydrogen-bond acceptors (Lipinski definition) is 7. The maximum atomic E-state index is 13.3. The van der Waals surface area contributed by atoms with Gasteiger partial charge in [0.15, 0.2) is 0 Å². The molecule has 0 fully saturated rings. The second-order valence-corrected chi connectivity index (χ2v) is 9.06. The highest BCUT2D eigenvalue weighted by Crippen LogP contribution is 2.08. The molecule has 0 spiro atoms. The number of benzene rings is 2. The summed E-state index contributed by atoms with van der Waals surface area (Å²) >= 11 is 3.92. The normalized spacial score (nSPS) is 13.8. The quantitative estimate of drug-likeness (QED) is 0.148. The smallest absolute Gasteiger partial charge is 0.327 e. The van der Waals surface area contributed by atoms with Crippen LogP contribution < -0.4 is 27.4 Å². The van der Waals surface area contributed by atoms with Gasteiger partial charge in [0.1, 0.15) is 18.1 Å². The molecular formula is C26H33N5O6S. The van der Waals surface area contributed by atoms with Crippen molar-refractivity contribution < 1.29 is 29.1 Å². The molecular weight excluding hydrogens is 510 g/mol. The van der Waals surface area contributed by atoms with Crippen LogP contribution in [0.1, 0.15) is 24.0 Å². The second-order valence-electron chi connectivity index (χ2n) is 8.70. The van der Waals surface area contributed by atoms with Gasteiger partial charge in [-0.3, -0.25) is 19.2 Å². The van der Waals surface area contributed by atoms with Crippen molar-refractivity contribution in [3.63, 3.8) is 0 Å². The molecule has 0 saturated carbocycles. The van der Waals surface area contributed by atoms with Gasteiger partial charge in [-0.25, -0.2) is 4.79 Å². The Balaban J connectivity index is 2.21. The van der Waals surface area contributed by atoms with Crippen LogP contribution in [0.5, 0.6) is 0 Å². The van der Waals surface area contributed by atoms with Gasteiger partial charge < -0.3 is 32.5 Å². The number of rotatable bonds is 15. The van der Waals surface area contributed by atoms with Crippen molar-refractivity contribution in [2.75, 3.05) is 5.75 Å². The number of hydrogen-bond donors (Lipinski definition) is 7. The molecule has 8 N–H and O–H groups in total. The van der Waals surface area contributed by atoms with Gasteiger partial charge in [-0.15, -0.1) is 0 Å². The lowest BCUT2D eigenvalue weighted by Crippen LogP contribution is -2.58. The number of carboxylic acid groups (broad SMARTS) is 1. The first-order valence-electron chi connectivity index (χ1n) is 12.0. The maximum Gasteiger partial charge on any atom is 0.327 e.